The number of nitrogens with zero attached hydrogens (tertiary/aromatic N) is 2. The second-order valence-electron chi connectivity index (χ2n) is 20.2. The van der Waals surface area contributed by atoms with Gasteiger partial charge in [0.15, 0.2) is 46.0 Å². The van der Waals surface area contributed by atoms with Gasteiger partial charge in [-0.05, 0) is 129 Å². The highest BCUT2D eigenvalue weighted by atomic mass is 19.1. The maximum absolute atomic E-state index is 15.7. The van der Waals surface area contributed by atoms with E-state index in [1.807, 2.05) is 0 Å². The largest absolute Gasteiger partial charge is 0.504 e. The molecule has 0 aromatic heterocycles. The zero-order valence-corrected chi connectivity index (χ0v) is 44.3. The van der Waals surface area contributed by atoms with Crippen LogP contribution in [0, 0.1) is 11.6 Å². The van der Waals surface area contributed by atoms with Crippen molar-refractivity contribution in [3.8, 4) is 159 Å². The van der Waals surface area contributed by atoms with E-state index >= 15 is 8.78 Å². The average molecular weight is 1200 g/mol. The summed E-state index contributed by atoms with van der Waals surface area (Å²) in [6.45, 7) is 0. The van der Waals surface area contributed by atoms with Crippen molar-refractivity contribution in [2.45, 2.75) is 0 Å². The molecule has 20 N–H and O–H groups in total. The van der Waals surface area contributed by atoms with Gasteiger partial charge in [-0.2, -0.15) is 0 Å². The minimum absolute atomic E-state index is 0.0288. The van der Waals surface area contributed by atoms with Gasteiger partial charge in [-0.25, -0.2) is 8.78 Å². The van der Waals surface area contributed by atoms with Crippen molar-refractivity contribution >= 4 is 66.4 Å². The van der Waals surface area contributed by atoms with Crippen LogP contribution in [0.4, 0.5) is 42.9 Å². The van der Waals surface area contributed by atoms with Crippen LogP contribution < -0.4 is 9.80 Å². The number of hydrogen-bond acceptors (Lipinski definition) is 22. The number of benzene rings is 12. The number of halogens is 2. The maximum atomic E-state index is 15.7. The van der Waals surface area contributed by atoms with Crippen molar-refractivity contribution in [1.29, 1.82) is 0 Å². The standard InChI is InChI=1S/C64H42F2N2O20/c65-29-3-1-5-31(21-29)67(33-17-25(41-45(69)53(77)61(85)54(78)46(41)70)15-26(18-33)42-47(71)55(79)62(86)56(80)48(42)72)37-13-9-23-8-12-36-38(14-10-24-7-11-35(37)39(23)40(24)36)68(32-6-2-4-30(66)22-32)34-19-27(43-49(73)57(81)63(87)58(82)50(43)74)16-28(20-34)44-51(75)59(83)64(88)60(84)52(44)76/h1-22,69-88H. The molecule has 22 nitrogen and oxygen atoms in total. The molecule has 0 unspecified atom stereocenters. The Hall–Kier alpha value is -12.9. The van der Waals surface area contributed by atoms with Crippen molar-refractivity contribution in [3.63, 3.8) is 0 Å². The fourth-order valence-corrected chi connectivity index (χ4v) is 11.1. The highest BCUT2D eigenvalue weighted by Gasteiger charge is 2.33. The van der Waals surface area contributed by atoms with Crippen LogP contribution in [0.15, 0.2) is 133 Å². The number of phenols is 20. The second kappa shape index (κ2) is 19.9. The highest BCUT2D eigenvalue weighted by Crippen LogP contribution is 2.62. The molecule has 0 aliphatic carbocycles. The highest BCUT2D eigenvalue weighted by molar-refractivity contribution is 6.28. The summed E-state index contributed by atoms with van der Waals surface area (Å²) in [6, 6.07) is 30.4. The van der Waals surface area contributed by atoms with Crippen LogP contribution in [-0.4, -0.2) is 102 Å². The molecule has 0 saturated carbocycles. The lowest BCUT2D eigenvalue weighted by atomic mass is 9.91. The van der Waals surface area contributed by atoms with E-state index in [0.29, 0.717) is 32.3 Å². The van der Waals surface area contributed by atoms with E-state index < -0.39 is 149 Å². The Morgan fingerprint density at radius 3 is 0.716 bits per heavy atom. The van der Waals surface area contributed by atoms with E-state index in [-0.39, 0.29) is 56.4 Å². The molecule has 0 saturated heterocycles. The fourth-order valence-electron chi connectivity index (χ4n) is 11.1. The van der Waals surface area contributed by atoms with Crippen LogP contribution >= 0.6 is 0 Å². The Morgan fingerprint density at radius 2 is 0.466 bits per heavy atom. The van der Waals surface area contributed by atoms with Crippen molar-refractivity contribution in [2.24, 2.45) is 0 Å². The first-order chi connectivity index (χ1) is 41.8. The number of rotatable bonds is 10. The summed E-state index contributed by atoms with van der Waals surface area (Å²) in [5.41, 5.74) is -4.46. The maximum Gasteiger partial charge on any atom is 0.208 e. The second-order valence-corrected chi connectivity index (χ2v) is 20.2. The van der Waals surface area contributed by atoms with Gasteiger partial charge in [-0.3, -0.25) is 0 Å². The number of hydrogen-bond donors (Lipinski definition) is 20. The summed E-state index contributed by atoms with van der Waals surface area (Å²) in [5.74, 6) is -27.1. The van der Waals surface area contributed by atoms with Gasteiger partial charge in [0.2, 0.25) is 69.0 Å². The monoisotopic (exact) mass is 1200 g/mol. The van der Waals surface area contributed by atoms with Gasteiger partial charge in [0.25, 0.3) is 0 Å². The summed E-state index contributed by atoms with van der Waals surface area (Å²) in [5, 5.41) is 221. The molecule has 12 aromatic carbocycles. The van der Waals surface area contributed by atoms with Gasteiger partial charge in [-0.15, -0.1) is 0 Å². The van der Waals surface area contributed by atoms with E-state index in [9.17, 15) is 102 Å². The zero-order chi connectivity index (χ0) is 63.0. The third kappa shape index (κ3) is 8.22. The van der Waals surface area contributed by atoms with Gasteiger partial charge in [0.05, 0.1) is 33.6 Å². The van der Waals surface area contributed by atoms with E-state index in [1.54, 1.807) is 48.5 Å². The van der Waals surface area contributed by atoms with Gasteiger partial charge in [-0.1, -0.05) is 48.5 Å². The van der Waals surface area contributed by atoms with Crippen molar-refractivity contribution in [2.75, 3.05) is 9.80 Å². The Morgan fingerprint density at radius 1 is 0.227 bits per heavy atom. The average Bonchev–Trinajstić information content (AvgIpc) is 0.783. The lowest BCUT2D eigenvalue weighted by molar-refractivity contribution is 0.330. The summed E-state index contributed by atoms with van der Waals surface area (Å²) >= 11 is 0. The Balaban J connectivity index is 1.16. The minimum atomic E-state index is -1.33. The molecular formula is C64H42F2N2O20. The molecule has 0 radical (unpaired) electrons. The molecule has 88 heavy (non-hydrogen) atoms. The predicted molar refractivity (Wildman–Crippen MR) is 314 cm³/mol. The Kier molecular flexibility index (Phi) is 12.6. The summed E-state index contributed by atoms with van der Waals surface area (Å²) in [7, 11) is 0. The molecule has 0 heterocycles. The van der Waals surface area contributed by atoms with Gasteiger partial charge >= 0.3 is 0 Å². The van der Waals surface area contributed by atoms with Crippen molar-refractivity contribution in [1.82, 2.24) is 0 Å². The molecule has 442 valence electrons. The SMILES string of the molecule is Oc1c(O)c(O)c(-c2cc(-c3c(O)c(O)c(O)c(O)c3O)cc(N(c3cccc(F)c3)c3ccc4ccc5c(N(c6cccc(F)c6)c6cc(-c7c(O)c(O)c(O)c(O)c7O)cc(-c7c(O)c(O)c(O)c(O)c7O)c6)ccc6ccc3c4c65)c2)c(O)c1O. The number of anilines is 6. The van der Waals surface area contributed by atoms with Crippen LogP contribution in [0.3, 0.4) is 0 Å². The number of aromatic hydroxyl groups is 20. The van der Waals surface area contributed by atoms with E-state index in [0.717, 1.165) is 36.4 Å². The molecule has 0 amide bonds. The molecule has 24 heteroatoms. The summed E-state index contributed by atoms with van der Waals surface area (Å²) in [4.78, 5) is 2.84. The molecule has 12 aromatic rings. The van der Waals surface area contributed by atoms with Gasteiger partial charge in [0.1, 0.15) is 11.6 Å². The van der Waals surface area contributed by atoms with Crippen molar-refractivity contribution in [3.05, 3.63) is 145 Å². The predicted octanol–water partition coefficient (Wildman–Crippen LogP) is 12.6. The molecule has 0 bridgehead atoms. The minimum Gasteiger partial charge on any atom is -0.504 e. The molecular weight excluding hydrogens is 1150 g/mol. The smallest absolute Gasteiger partial charge is 0.208 e. The quantitative estimate of drug-likeness (QED) is 0.0343. The molecule has 0 aliphatic heterocycles. The molecule has 0 spiro atoms. The summed E-state index contributed by atoms with van der Waals surface area (Å²) < 4.78 is 31.5. The van der Waals surface area contributed by atoms with Gasteiger partial charge in [0, 0.05) is 33.5 Å². The summed E-state index contributed by atoms with van der Waals surface area (Å²) in [6.07, 6.45) is 0. The first kappa shape index (κ1) is 55.7. The molecule has 0 fully saturated rings. The molecule has 0 aliphatic rings. The van der Waals surface area contributed by atoms with Crippen molar-refractivity contribution < 1.29 is 111 Å². The molecule has 0 atom stereocenters. The van der Waals surface area contributed by atoms with E-state index in [2.05, 4.69) is 0 Å². The van der Waals surface area contributed by atoms with Crippen LogP contribution in [-0.2, 0) is 0 Å². The van der Waals surface area contributed by atoms with Crippen LogP contribution in [0.5, 0.6) is 115 Å². The van der Waals surface area contributed by atoms with E-state index in [4.69, 9.17) is 0 Å². The topological polar surface area (TPSA) is 411 Å². The first-order valence-electron chi connectivity index (χ1n) is 25.7. The lowest BCUT2D eigenvalue weighted by Gasteiger charge is -2.30. The van der Waals surface area contributed by atoms with Crippen LogP contribution in [0.25, 0.3) is 76.8 Å². The van der Waals surface area contributed by atoms with Gasteiger partial charge < -0.3 is 112 Å². The first-order valence-corrected chi connectivity index (χ1v) is 25.7. The third-order valence-corrected chi connectivity index (χ3v) is 15.2. The fraction of sp³-hybridized carbons (Fsp3) is 0. The number of phenolic OH excluding ortho intramolecular Hbond substituents is 20. The normalized spacial score (nSPS) is 11.5. The van der Waals surface area contributed by atoms with E-state index in [1.165, 1.54) is 58.3 Å². The third-order valence-electron chi connectivity index (χ3n) is 15.2. The lowest BCUT2D eigenvalue weighted by Crippen LogP contribution is -2.12. The molecule has 12 rings (SSSR count). The Labute approximate surface area is 490 Å². The van der Waals surface area contributed by atoms with Crippen LogP contribution in [0.1, 0.15) is 0 Å². The zero-order valence-electron chi connectivity index (χ0n) is 44.3. The van der Waals surface area contributed by atoms with Crippen LogP contribution in [0.2, 0.25) is 0 Å². The Bertz CT molecular complexity index is 4400.